The Morgan fingerprint density at radius 3 is 2.62 bits per heavy atom. The van der Waals surface area contributed by atoms with Crippen LogP contribution in [-0.2, 0) is 0 Å². The highest BCUT2D eigenvalue weighted by atomic mass is 79.9. The van der Waals surface area contributed by atoms with Gasteiger partial charge in [0, 0.05) is 29.2 Å². The molecule has 0 aromatic heterocycles. The van der Waals surface area contributed by atoms with Crippen LogP contribution < -0.4 is 4.90 Å². The molecule has 16 heavy (non-hydrogen) atoms. The molecule has 1 heterocycles. The number of piperidine rings is 1. The molecule has 1 aromatic carbocycles. The smallest absolute Gasteiger partial charge is 0.0657 e. The summed E-state index contributed by atoms with van der Waals surface area (Å²) in [5, 5.41) is 8.85. The lowest BCUT2D eigenvalue weighted by Gasteiger charge is -2.31. The summed E-state index contributed by atoms with van der Waals surface area (Å²) in [5.41, 5.74) is 2.52. The molecule has 3 heteroatoms. The minimum Gasteiger partial charge on any atom is -0.371 e. The number of halogens is 1. The minimum atomic E-state index is 0.255. The summed E-state index contributed by atoms with van der Waals surface area (Å²) < 4.78 is 1.16. The van der Waals surface area contributed by atoms with Gasteiger partial charge in [0.05, 0.1) is 6.07 Å². The molecule has 1 fully saturated rings. The Morgan fingerprint density at radius 2 is 2.06 bits per heavy atom. The lowest BCUT2D eigenvalue weighted by molar-refractivity contribution is 0.488. The first kappa shape index (κ1) is 11.5. The first-order valence-corrected chi connectivity index (χ1v) is 6.40. The molecule has 0 saturated carbocycles. The van der Waals surface area contributed by atoms with E-state index in [1.165, 1.54) is 11.3 Å². The molecule has 0 spiro atoms. The Hall–Kier alpha value is -1.01. The summed E-state index contributed by atoms with van der Waals surface area (Å²) in [6.45, 7) is 4.08. The maximum Gasteiger partial charge on any atom is 0.0657 e. The third kappa shape index (κ3) is 2.38. The summed E-state index contributed by atoms with van der Waals surface area (Å²) in [6, 6.07) is 8.82. The molecule has 0 unspecified atom stereocenters. The molecule has 2 nitrogen and oxygen atoms in total. The van der Waals surface area contributed by atoms with E-state index in [-0.39, 0.29) is 5.92 Å². The van der Waals surface area contributed by atoms with Crippen molar-refractivity contribution >= 4 is 21.6 Å². The molecule has 1 saturated heterocycles. The largest absolute Gasteiger partial charge is 0.371 e. The van der Waals surface area contributed by atoms with Gasteiger partial charge in [-0.2, -0.15) is 5.26 Å². The summed E-state index contributed by atoms with van der Waals surface area (Å²) in [4.78, 5) is 2.36. The standard InChI is InChI=1S/C13H15BrN2/c1-10-2-3-12(8-13(10)14)16-6-4-11(9-15)5-7-16/h2-3,8,11H,4-7H2,1H3. The fraction of sp³-hybridized carbons (Fsp3) is 0.462. The Bertz CT molecular complexity index is 414. The molecular formula is C13H15BrN2. The van der Waals surface area contributed by atoms with Crippen molar-refractivity contribution in [3.05, 3.63) is 28.2 Å². The van der Waals surface area contributed by atoms with E-state index < -0.39 is 0 Å². The van der Waals surface area contributed by atoms with Crippen molar-refractivity contribution in [2.45, 2.75) is 19.8 Å². The van der Waals surface area contributed by atoms with Gasteiger partial charge in [0.15, 0.2) is 0 Å². The van der Waals surface area contributed by atoms with Crippen LogP contribution in [-0.4, -0.2) is 13.1 Å². The van der Waals surface area contributed by atoms with Gasteiger partial charge in [0.25, 0.3) is 0 Å². The number of rotatable bonds is 1. The molecule has 0 amide bonds. The van der Waals surface area contributed by atoms with Gasteiger partial charge in [0.1, 0.15) is 0 Å². The number of hydrogen-bond acceptors (Lipinski definition) is 2. The van der Waals surface area contributed by atoms with E-state index in [1.54, 1.807) is 0 Å². The average Bonchev–Trinajstić information content (AvgIpc) is 2.33. The zero-order valence-electron chi connectivity index (χ0n) is 9.41. The molecule has 0 atom stereocenters. The van der Waals surface area contributed by atoms with E-state index in [0.717, 1.165) is 30.4 Å². The molecule has 2 rings (SSSR count). The second-order valence-corrected chi connectivity index (χ2v) is 5.18. The SMILES string of the molecule is Cc1ccc(N2CCC(C#N)CC2)cc1Br. The van der Waals surface area contributed by atoms with Crippen LogP contribution in [0.15, 0.2) is 22.7 Å². The molecule has 0 radical (unpaired) electrons. The molecule has 1 aliphatic rings. The van der Waals surface area contributed by atoms with Gasteiger partial charge in [-0.05, 0) is 37.5 Å². The van der Waals surface area contributed by atoms with Crippen LogP contribution in [0.5, 0.6) is 0 Å². The van der Waals surface area contributed by atoms with Gasteiger partial charge >= 0.3 is 0 Å². The van der Waals surface area contributed by atoms with Crippen LogP contribution in [0.4, 0.5) is 5.69 Å². The Labute approximate surface area is 105 Å². The van der Waals surface area contributed by atoms with Crippen LogP contribution in [0.3, 0.4) is 0 Å². The number of nitrogens with zero attached hydrogens (tertiary/aromatic N) is 2. The zero-order chi connectivity index (χ0) is 11.5. The van der Waals surface area contributed by atoms with E-state index in [2.05, 4.69) is 52.0 Å². The van der Waals surface area contributed by atoms with Gasteiger partial charge in [0.2, 0.25) is 0 Å². The summed E-state index contributed by atoms with van der Waals surface area (Å²) in [5.74, 6) is 0.255. The Balaban J connectivity index is 2.09. The lowest BCUT2D eigenvalue weighted by Crippen LogP contribution is -2.33. The van der Waals surface area contributed by atoms with Crippen LogP contribution in [0.1, 0.15) is 18.4 Å². The molecular weight excluding hydrogens is 264 g/mol. The topological polar surface area (TPSA) is 27.0 Å². The third-order valence-corrected chi connectivity index (χ3v) is 4.05. The third-order valence-electron chi connectivity index (χ3n) is 3.20. The molecule has 0 N–H and O–H groups in total. The van der Waals surface area contributed by atoms with Crippen LogP contribution in [0.25, 0.3) is 0 Å². The van der Waals surface area contributed by atoms with Crippen LogP contribution in [0.2, 0.25) is 0 Å². The number of aryl methyl sites for hydroxylation is 1. The number of nitriles is 1. The molecule has 0 aliphatic carbocycles. The van der Waals surface area contributed by atoms with Crippen molar-refractivity contribution < 1.29 is 0 Å². The monoisotopic (exact) mass is 278 g/mol. The molecule has 84 valence electrons. The second kappa shape index (κ2) is 4.88. The number of hydrogen-bond donors (Lipinski definition) is 0. The van der Waals surface area contributed by atoms with Crippen molar-refractivity contribution in [3.8, 4) is 6.07 Å². The number of benzene rings is 1. The minimum absolute atomic E-state index is 0.255. The van der Waals surface area contributed by atoms with E-state index in [4.69, 9.17) is 5.26 Å². The van der Waals surface area contributed by atoms with E-state index >= 15 is 0 Å². The van der Waals surface area contributed by atoms with Crippen molar-refractivity contribution in [2.24, 2.45) is 5.92 Å². The predicted octanol–water partition coefficient (Wildman–Crippen LogP) is 3.50. The lowest BCUT2D eigenvalue weighted by atomic mass is 9.98. The molecule has 1 aromatic rings. The zero-order valence-corrected chi connectivity index (χ0v) is 11.0. The average molecular weight is 279 g/mol. The maximum absolute atomic E-state index is 8.85. The maximum atomic E-state index is 8.85. The van der Waals surface area contributed by atoms with Gasteiger partial charge in [-0.3, -0.25) is 0 Å². The van der Waals surface area contributed by atoms with E-state index in [1.807, 2.05) is 0 Å². The van der Waals surface area contributed by atoms with Crippen molar-refractivity contribution in [3.63, 3.8) is 0 Å². The van der Waals surface area contributed by atoms with Gasteiger partial charge in [-0.1, -0.05) is 22.0 Å². The fourth-order valence-corrected chi connectivity index (χ4v) is 2.41. The highest BCUT2D eigenvalue weighted by Gasteiger charge is 2.18. The number of anilines is 1. The highest BCUT2D eigenvalue weighted by Crippen LogP contribution is 2.27. The Morgan fingerprint density at radius 1 is 1.38 bits per heavy atom. The van der Waals surface area contributed by atoms with E-state index in [9.17, 15) is 0 Å². The van der Waals surface area contributed by atoms with Crippen molar-refractivity contribution in [1.29, 1.82) is 5.26 Å². The first-order chi connectivity index (χ1) is 7.70. The van der Waals surface area contributed by atoms with Crippen molar-refractivity contribution in [1.82, 2.24) is 0 Å². The quantitative estimate of drug-likeness (QED) is 0.786. The summed E-state index contributed by atoms with van der Waals surface area (Å²) >= 11 is 3.56. The second-order valence-electron chi connectivity index (χ2n) is 4.32. The highest BCUT2D eigenvalue weighted by molar-refractivity contribution is 9.10. The van der Waals surface area contributed by atoms with Gasteiger partial charge in [-0.15, -0.1) is 0 Å². The van der Waals surface area contributed by atoms with E-state index in [0.29, 0.717) is 0 Å². The predicted molar refractivity (Wildman–Crippen MR) is 69.4 cm³/mol. The normalized spacial score (nSPS) is 17.2. The summed E-state index contributed by atoms with van der Waals surface area (Å²) in [6.07, 6.45) is 1.98. The van der Waals surface area contributed by atoms with Gasteiger partial charge in [-0.25, -0.2) is 0 Å². The molecule has 1 aliphatic heterocycles. The Kier molecular flexibility index (Phi) is 3.50. The van der Waals surface area contributed by atoms with Crippen molar-refractivity contribution in [2.75, 3.05) is 18.0 Å². The fourth-order valence-electron chi connectivity index (χ4n) is 2.05. The summed E-state index contributed by atoms with van der Waals surface area (Å²) in [7, 11) is 0. The van der Waals surface area contributed by atoms with Crippen LogP contribution in [0, 0.1) is 24.2 Å². The van der Waals surface area contributed by atoms with Gasteiger partial charge < -0.3 is 4.90 Å². The first-order valence-electron chi connectivity index (χ1n) is 5.61. The van der Waals surface area contributed by atoms with Crippen LogP contribution >= 0.6 is 15.9 Å². The molecule has 0 bridgehead atoms.